The number of hydrogen-bond donors (Lipinski definition) is 1. The van der Waals surface area contributed by atoms with Gasteiger partial charge in [0.05, 0.1) is 5.57 Å². The first kappa shape index (κ1) is 7.85. The fourth-order valence-electron chi connectivity index (χ4n) is 0.950. The van der Waals surface area contributed by atoms with Crippen LogP contribution < -0.4 is 0 Å². The number of nitrogens with zero attached hydrogens (tertiary/aromatic N) is 1. The molecule has 0 unspecified atom stereocenters. The molecule has 0 spiro atoms. The average molecular weight is 153 g/mol. The maximum Gasteiger partial charge on any atom is 0.333 e. The zero-order valence-electron chi connectivity index (χ0n) is 6.45. The van der Waals surface area contributed by atoms with E-state index in [-0.39, 0.29) is 0 Å². The Morgan fingerprint density at radius 1 is 1.82 bits per heavy atom. The molecule has 0 aromatic heterocycles. The third-order valence-corrected chi connectivity index (χ3v) is 1.60. The number of hydrogen-bond acceptors (Lipinski definition) is 2. The van der Waals surface area contributed by atoms with Crippen molar-refractivity contribution in [3.8, 4) is 0 Å². The summed E-state index contributed by atoms with van der Waals surface area (Å²) in [6, 6.07) is 0. The van der Waals surface area contributed by atoms with Crippen LogP contribution in [0.4, 0.5) is 0 Å². The number of carbonyl (C=O) groups is 1. The van der Waals surface area contributed by atoms with E-state index < -0.39 is 5.97 Å². The Kier molecular flexibility index (Phi) is 2.31. The fraction of sp³-hybridized carbons (Fsp3) is 0.375. The predicted octanol–water partition coefficient (Wildman–Crippen LogP) is 1.19. The summed E-state index contributed by atoms with van der Waals surface area (Å²) in [6.07, 6.45) is 5.95. The zero-order valence-corrected chi connectivity index (χ0v) is 6.45. The molecule has 0 aliphatic carbocycles. The molecule has 0 amide bonds. The molecule has 0 bridgehead atoms. The molecule has 0 atom stereocenters. The summed E-state index contributed by atoms with van der Waals surface area (Å²) in [4.78, 5) is 12.3. The van der Waals surface area contributed by atoms with Crippen LogP contribution in [0.25, 0.3) is 0 Å². The molecule has 1 aliphatic heterocycles. The van der Waals surface area contributed by atoms with Crippen LogP contribution in [0, 0.1) is 0 Å². The molecule has 0 radical (unpaired) electrons. The molecule has 0 aromatic rings. The van der Waals surface area contributed by atoms with Crippen molar-refractivity contribution in [3.63, 3.8) is 0 Å². The normalized spacial score (nSPS) is 16.5. The molecule has 3 nitrogen and oxygen atoms in total. The van der Waals surface area contributed by atoms with Crippen LogP contribution in [0.3, 0.4) is 0 Å². The summed E-state index contributed by atoms with van der Waals surface area (Å²) in [5, 5.41) is 8.62. The second kappa shape index (κ2) is 3.23. The van der Waals surface area contributed by atoms with E-state index in [1.54, 1.807) is 6.20 Å². The van der Waals surface area contributed by atoms with Crippen LogP contribution in [0.2, 0.25) is 0 Å². The van der Waals surface area contributed by atoms with Gasteiger partial charge in [0.25, 0.3) is 0 Å². The third kappa shape index (κ3) is 1.83. The van der Waals surface area contributed by atoms with Gasteiger partial charge in [-0.25, -0.2) is 4.79 Å². The summed E-state index contributed by atoms with van der Waals surface area (Å²) in [6.45, 7) is 2.79. The molecule has 3 heteroatoms. The molecule has 0 aromatic carbocycles. The van der Waals surface area contributed by atoms with E-state index in [4.69, 9.17) is 5.11 Å². The molecule has 1 rings (SSSR count). The van der Waals surface area contributed by atoms with Gasteiger partial charge in [-0.3, -0.25) is 0 Å². The average Bonchev–Trinajstić information content (AvgIpc) is 2.05. The van der Waals surface area contributed by atoms with E-state index >= 15 is 0 Å². The molecule has 11 heavy (non-hydrogen) atoms. The van der Waals surface area contributed by atoms with Crippen LogP contribution >= 0.6 is 0 Å². The van der Waals surface area contributed by atoms with E-state index in [9.17, 15) is 4.79 Å². The quantitative estimate of drug-likeness (QED) is 0.647. The van der Waals surface area contributed by atoms with E-state index in [1.165, 1.54) is 0 Å². The maximum atomic E-state index is 10.5. The van der Waals surface area contributed by atoms with Crippen LogP contribution in [0.1, 0.15) is 13.3 Å². The van der Waals surface area contributed by atoms with Gasteiger partial charge >= 0.3 is 5.97 Å². The SMILES string of the molecule is CCN1C=CCC(C(=O)O)=C1. The van der Waals surface area contributed by atoms with Crippen molar-refractivity contribution >= 4 is 5.97 Å². The molecule has 0 saturated carbocycles. The maximum absolute atomic E-state index is 10.5. The van der Waals surface area contributed by atoms with Gasteiger partial charge in [-0.2, -0.15) is 0 Å². The highest BCUT2D eigenvalue weighted by Crippen LogP contribution is 2.11. The summed E-state index contributed by atoms with van der Waals surface area (Å²) < 4.78 is 0. The second-order valence-corrected chi connectivity index (χ2v) is 2.38. The van der Waals surface area contributed by atoms with Gasteiger partial charge in [0, 0.05) is 19.2 Å². The largest absolute Gasteiger partial charge is 0.478 e. The Hall–Kier alpha value is -1.25. The lowest BCUT2D eigenvalue weighted by atomic mass is 10.1. The van der Waals surface area contributed by atoms with Crippen molar-refractivity contribution in [1.29, 1.82) is 0 Å². The smallest absolute Gasteiger partial charge is 0.333 e. The van der Waals surface area contributed by atoms with E-state index in [2.05, 4.69) is 0 Å². The lowest BCUT2D eigenvalue weighted by molar-refractivity contribution is -0.132. The van der Waals surface area contributed by atoms with Gasteiger partial charge < -0.3 is 10.0 Å². The van der Waals surface area contributed by atoms with Crippen LogP contribution in [0.15, 0.2) is 24.0 Å². The Bertz CT molecular complexity index is 218. The number of allylic oxidation sites excluding steroid dienone is 1. The highest BCUT2D eigenvalue weighted by molar-refractivity contribution is 5.86. The summed E-state index contributed by atoms with van der Waals surface area (Å²) in [5.41, 5.74) is 0.453. The van der Waals surface area contributed by atoms with Gasteiger partial charge in [-0.1, -0.05) is 6.08 Å². The highest BCUT2D eigenvalue weighted by atomic mass is 16.4. The minimum atomic E-state index is -0.826. The molecule has 0 fully saturated rings. The first-order valence-electron chi connectivity index (χ1n) is 3.60. The topological polar surface area (TPSA) is 40.5 Å². The Labute approximate surface area is 65.6 Å². The Morgan fingerprint density at radius 2 is 2.55 bits per heavy atom. The van der Waals surface area contributed by atoms with Crippen molar-refractivity contribution in [3.05, 3.63) is 24.0 Å². The first-order valence-corrected chi connectivity index (χ1v) is 3.60. The van der Waals surface area contributed by atoms with Gasteiger partial charge in [0.1, 0.15) is 0 Å². The predicted molar refractivity (Wildman–Crippen MR) is 41.9 cm³/mol. The molecule has 60 valence electrons. The van der Waals surface area contributed by atoms with Gasteiger partial charge in [0.2, 0.25) is 0 Å². The van der Waals surface area contributed by atoms with Gasteiger partial charge in [-0.15, -0.1) is 0 Å². The highest BCUT2D eigenvalue weighted by Gasteiger charge is 2.09. The van der Waals surface area contributed by atoms with Crippen LogP contribution in [-0.2, 0) is 4.79 Å². The molecule has 1 N–H and O–H groups in total. The lowest BCUT2D eigenvalue weighted by Crippen LogP contribution is -2.15. The van der Waals surface area contributed by atoms with Crippen LogP contribution in [0.5, 0.6) is 0 Å². The van der Waals surface area contributed by atoms with Crippen molar-refractivity contribution < 1.29 is 9.90 Å². The summed E-state index contributed by atoms with van der Waals surface area (Å²) in [7, 11) is 0. The van der Waals surface area contributed by atoms with Crippen molar-refractivity contribution in [2.75, 3.05) is 6.54 Å². The van der Waals surface area contributed by atoms with E-state index in [0.29, 0.717) is 12.0 Å². The standard InChI is InChI=1S/C8H11NO2/c1-2-9-5-3-4-7(6-9)8(10)11/h3,5-6H,2,4H2,1H3,(H,10,11). The lowest BCUT2D eigenvalue weighted by Gasteiger charge is -2.17. The van der Waals surface area contributed by atoms with E-state index in [1.807, 2.05) is 24.1 Å². The first-order chi connectivity index (χ1) is 5.24. The molecule has 0 saturated heterocycles. The second-order valence-electron chi connectivity index (χ2n) is 2.38. The third-order valence-electron chi connectivity index (χ3n) is 1.60. The summed E-state index contributed by atoms with van der Waals surface area (Å²) in [5.74, 6) is -0.826. The minimum Gasteiger partial charge on any atom is -0.478 e. The van der Waals surface area contributed by atoms with Gasteiger partial charge in [-0.05, 0) is 13.1 Å². The monoisotopic (exact) mass is 153 g/mol. The number of carboxylic acids is 1. The molecule has 1 aliphatic rings. The van der Waals surface area contributed by atoms with Crippen molar-refractivity contribution in [1.82, 2.24) is 4.90 Å². The molecular weight excluding hydrogens is 142 g/mol. The molecular formula is C8H11NO2. The Morgan fingerprint density at radius 3 is 3.09 bits per heavy atom. The zero-order chi connectivity index (χ0) is 8.27. The Balaban J connectivity index is 2.69. The molecule has 1 heterocycles. The number of aliphatic carboxylic acids is 1. The minimum absolute atomic E-state index is 0.453. The van der Waals surface area contributed by atoms with Crippen LogP contribution in [-0.4, -0.2) is 22.5 Å². The number of rotatable bonds is 2. The number of carboxylic acid groups (broad SMARTS) is 1. The van der Waals surface area contributed by atoms with E-state index in [0.717, 1.165) is 6.54 Å². The van der Waals surface area contributed by atoms with Gasteiger partial charge in [0.15, 0.2) is 0 Å². The van der Waals surface area contributed by atoms with Crippen molar-refractivity contribution in [2.24, 2.45) is 0 Å². The fourth-order valence-corrected chi connectivity index (χ4v) is 0.950. The summed E-state index contributed by atoms with van der Waals surface area (Å²) >= 11 is 0. The van der Waals surface area contributed by atoms with Crippen molar-refractivity contribution in [2.45, 2.75) is 13.3 Å².